The predicted octanol–water partition coefficient (Wildman–Crippen LogP) is 2.19. The summed E-state index contributed by atoms with van der Waals surface area (Å²) in [7, 11) is 5.89. The number of methoxy groups -OCH3 is 4. The molecule has 2 rings (SSSR count). The molecule has 0 atom stereocenters. The van der Waals surface area contributed by atoms with Gasteiger partial charge in [-0.3, -0.25) is 4.79 Å². The molecule has 28 heavy (non-hydrogen) atoms. The van der Waals surface area contributed by atoms with Crippen LogP contribution >= 0.6 is 0 Å². The van der Waals surface area contributed by atoms with Gasteiger partial charge in [0.15, 0.2) is 18.1 Å². The molecule has 8 nitrogen and oxygen atoms in total. The van der Waals surface area contributed by atoms with Crippen molar-refractivity contribution in [2.24, 2.45) is 0 Å². The van der Waals surface area contributed by atoms with Gasteiger partial charge in [-0.1, -0.05) is 18.2 Å². The molecule has 1 N–H and O–H groups in total. The van der Waals surface area contributed by atoms with Crippen molar-refractivity contribution >= 4 is 11.9 Å². The average molecular weight is 389 g/mol. The number of carbonyl (C=O) groups is 2. The standard InChI is InChI=1S/C20H23NO7/c1-24-15-8-6-5-7-13(15)11-21-19(22)12-28-20(23)14-9-17(26-3)18(27-4)10-16(14)25-2/h5-10H,11-12H2,1-4H3,(H,21,22). The third kappa shape index (κ3) is 5.06. The van der Waals surface area contributed by atoms with Crippen LogP contribution in [-0.4, -0.2) is 46.9 Å². The molecule has 0 aromatic heterocycles. The molecule has 0 saturated heterocycles. The zero-order chi connectivity index (χ0) is 20.5. The van der Waals surface area contributed by atoms with Crippen molar-refractivity contribution in [3.05, 3.63) is 47.5 Å². The number of benzene rings is 2. The Bertz CT molecular complexity index is 835. The summed E-state index contributed by atoms with van der Waals surface area (Å²) in [5.41, 5.74) is 0.934. The van der Waals surface area contributed by atoms with E-state index in [4.69, 9.17) is 23.7 Å². The van der Waals surface area contributed by atoms with E-state index in [1.165, 1.54) is 33.5 Å². The minimum Gasteiger partial charge on any atom is -0.496 e. The van der Waals surface area contributed by atoms with Crippen molar-refractivity contribution in [3.8, 4) is 23.0 Å². The molecular formula is C20H23NO7. The van der Waals surface area contributed by atoms with E-state index in [1.807, 2.05) is 18.2 Å². The van der Waals surface area contributed by atoms with Crippen LogP contribution in [0.15, 0.2) is 36.4 Å². The van der Waals surface area contributed by atoms with Crippen LogP contribution in [0.5, 0.6) is 23.0 Å². The van der Waals surface area contributed by atoms with Gasteiger partial charge in [0.05, 0.1) is 28.4 Å². The maximum absolute atomic E-state index is 12.4. The number of ether oxygens (including phenoxy) is 5. The van der Waals surface area contributed by atoms with Gasteiger partial charge in [0.2, 0.25) is 0 Å². The Labute approximate surface area is 163 Å². The first-order valence-corrected chi connectivity index (χ1v) is 8.39. The van der Waals surface area contributed by atoms with Crippen LogP contribution in [-0.2, 0) is 16.1 Å². The lowest BCUT2D eigenvalue weighted by Gasteiger charge is -2.14. The van der Waals surface area contributed by atoms with Gasteiger partial charge in [0, 0.05) is 24.2 Å². The van der Waals surface area contributed by atoms with Crippen LogP contribution in [0, 0.1) is 0 Å². The molecule has 150 valence electrons. The van der Waals surface area contributed by atoms with Gasteiger partial charge in [-0.15, -0.1) is 0 Å². The zero-order valence-electron chi connectivity index (χ0n) is 16.2. The maximum Gasteiger partial charge on any atom is 0.342 e. The number of para-hydroxylation sites is 1. The van der Waals surface area contributed by atoms with E-state index < -0.39 is 18.5 Å². The quantitative estimate of drug-likeness (QED) is 0.657. The second-order valence-electron chi connectivity index (χ2n) is 5.57. The van der Waals surface area contributed by atoms with Gasteiger partial charge in [-0.2, -0.15) is 0 Å². The summed E-state index contributed by atoms with van der Waals surface area (Å²) in [6.07, 6.45) is 0. The summed E-state index contributed by atoms with van der Waals surface area (Å²) in [5.74, 6) is 0.497. The largest absolute Gasteiger partial charge is 0.496 e. The molecule has 0 aliphatic heterocycles. The SMILES string of the molecule is COc1ccccc1CNC(=O)COC(=O)c1cc(OC)c(OC)cc1OC. The lowest BCUT2D eigenvalue weighted by atomic mass is 10.1. The summed E-state index contributed by atoms with van der Waals surface area (Å²) >= 11 is 0. The fourth-order valence-electron chi connectivity index (χ4n) is 2.49. The van der Waals surface area contributed by atoms with Crippen LogP contribution < -0.4 is 24.3 Å². The van der Waals surface area contributed by atoms with Gasteiger partial charge in [0.25, 0.3) is 5.91 Å². The van der Waals surface area contributed by atoms with Crippen molar-refractivity contribution in [2.45, 2.75) is 6.54 Å². The highest BCUT2D eigenvalue weighted by atomic mass is 16.5. The molecule has 0 spiro atoms. The van der Waals surface area contributed by atoms with E-state index in [0.29, 0.717) is 17.2 Å². The monoisotopic (exact) mass is 389 g/mol. The van der Waals surface area contributed by atoms with Crippen molar-refractivity contribution in [2.75, 3.05) is 35.0 Å². The molecule has 0 unspecified atom stereocenters. The molecule has 0 aliphatic carbocycles. The number of hydrogen-bond donors (Lipinski definition) is 1. The molecule has 1 amide bonds. The summed E-state index contributed by atoms with van der Waals surface area (Å²) in [6, 6.07) is 10.3. The Morgan fingerprint density at radius 2 is 1.43 bits per heavy atom. The van der Waals surface area contributed by atoms with Crippen molar-refractivity contribution < 1.29 is 33.3 Å². The number of carbonyl (C=O) groups excluding carboxylic acids is 2. The first-order chi connectivity index (χ1) is 13.5. The summed E-state index contributed by atoms with van der Waals surface area (Å²) in [4.78, 5) is 24.4. The van der Waals surface area contributed by atoms with Crippen LogP contribution in [0.25, 0.3) is 0 Å². The van der Waals surface area contributed by atoms with Gasteiger partial charge in [-0.25, -0.2) is 4.79 Å². The number of hydrogen-bond acceptors (Lipinski definition) is 7. The van der Waals surface area contributed by atoms with E-state index in [0.717, 1.165) is 5.56 Å². The highest BCUT2D eigenvalue weighted by Gasteiger charge is 2.20. The second-order valence-corrected chi connectivity index (χ2v) is 5.57. The molecule has 0 radical (unpaired) electrons. The van der Waals surface area contributed by atoms with E-state index in [-0.39, 0.29) is 17.9 Å². The minimum absolute atomic E-state index is 0.123. The van der Waals surface area contributed by atoms with E-state index >= 15 is 0 Å². The predicted molar refractivity (Wildman–Crippen MR) is 101 cm³/mol. The highest BCUT2D eigenvalue weighted by molar-refractivity contribution is 5.95. The Morgan fingerprint density at radius 3 is 2.07 bits per heavy atom. The lowest BCUT2D eigenvalue weighted by molar-refractivity contribution is -0.124. The van der Waals surface area contributed by atoms with Gasteiger partial charge in [0.1, 0.15) is 17.1 Å². The zero-order valence-corrected chi connectivity index (χ0v) is 16.2. The maximum atomic E-state index is 12.4. The Morgan fingerprint density at radius 1 is 0.821 bits per heavy atom. The fourth-order valence-corrected chi connectivity index (χ4v) is 2.49. The molecule has 0 heterocycles. The molecule has 0 fully saturated rings. The van der Waals surface area contributed by atoms with E-state index in [1.54, 1.807) is 13.2 Å². The summed E-state index contributed by atoms with van der Waals surface area (Å²) < 4.78 is 25.9. The number of rotatable bonds is 9. The summed E-state index contributed by atoms with van der Waals surface area (Å²) in [5, 5.41) is 2.68. The van der Waals surface area contributed by atoms with Gasteiger partial charge < -0.3 is 29.0 Å². The number of amides is 1. The average Bonchev–Trinajstić information content (AvgIpc) is 2.74. The Hall–Kier alpha value is -3.42. The Kier molecular flexibility index (Phi) is 7.50. The van der Waals surface area contributed by atoms with Crippen LogP contribution in [0.3, 0.4) is 0 Å². The van der Waals surface area contributed by atoms with Crippen LogP contribution in [0.2, 0.25) is 0 Å². The van der Waals surface area contributed by atoms with Crippen LogP contribution in [0.1, 0.15) is 15.9 Å². The molecule has 2 aromatic carbocycles. The minimum atomic E-state index is -0.717. The second kappa shape index (κ2) is 10.1. The van der Waals surface area contributed by atoms with Crippen molar-refractivity contribution in [3.63, 3.8) is 0 Å². The molecule has 0 bridgehead atoms. The van der Waals surface area contributed by atoms with Gasteiger partial charge in [-0.05, 0) is 6.07 Å². The van der Waals surface area contributed by atoms with Gasteiger partial charge >= 0.3 is 5.97 Å². The third-order valence-corrected chi connectivity index (χ3v) is 3.93. The highest BCUT2D eigenvalue weighted by Crippen LogP contribution is 2.34. The smallest absolute Gasteiger partial charge is 0.342 e. The van der Waals surface area contributed by atoms with Crippen molar-refractivity contribution in [1.82, 2.24) is 5.32 Å². The molecular weight excluding hydrogens is 366 g/mol. The van der Waals surface area contributed by atoms with E-state index in [9.17, 15) is 9.59 Å². The van der Waals surface area contributed by atoms with Crippen LogP contribution in [0.4, 0.5) is 0 Å². The van der Waals surface area contributed by atoms with E-state index in [2.05, 4.69) is 5.32 Å². The molecule has 8 heteroatoms. The lowest BCUT2D eigenvalue weighted by Crippen LogP contribution is -2.28. The number of nitrogens with one attached hydrogen (secondary N) is 1. The summed E-state index contributed by atoms with van der Waals surface area (Å²) in [6.45, 7) is -0.189. The molecule has 0 saturated carbocycles. The first-order valence-electron chi connectivity index (χ1n) is 8.39. The third-order valence-electron chi connectivity index (χ3n) is 3.93. The molecule has 2 aromatic rings. The molecule has 0 aliphatic rings. The topological polar surface area (TPSA) is 92.3 Å². The first kappa shape index (κ1) is 20.9. The van der Waals surface area contributed by atoms with Crippen molar-refractivity contribution in [1.29, 1.82) is 0 Å². The fraction of sp³-hybridized carbons (Fsp3) is 0.300. The normalized spacial score (nSPS) is 10.0. The number of esters is 1. The Balaban J connectivity index is 1.98.